The van der Waals surface area contributed by atoms with E-state index < -0.39 is 18.3 Å². The topological polar surface area (TPSA) is 36.9 Å². The highest BCUT2D eigenvalue weighted by molar-refractivity contribution is 6.62. The molecule has 2 heterocycles. The second kappa shape index (κ2) is 6.18. The van der Waals surface area contributed by atoms with Gasteiger partial charge < -0.3 is 18.8 Å². The van der Waals surface area contributed by atoms with Gasteiger partial charge in [0, 0.05) is 11.0 Å². The van der Waals surface area contributed by atoms with Gasteiger partial charge in [-0.3, -0.25) is 0 Å². The van der Waals surface area contributed by atoms with Crippen molar-refractivity contribution in [3.05, 3.63) is 65.7 Å². The van der Waals surface area contributed by atoms with Crippen molar-refractivity contribution >= 4 is 12.6 Å². The standard InChI is InChI=1S/C27H27BO4/c1-25(2)18-10-8-7-9-17(18)23-19(25)12-14-21-24(23)30-22-15-16(11-13-20(22)29-21)28-31-26(3,4)27(5,6)32-28/h7-15H,1-6H3. The van der Waals surface area contributed by atoms with Crippen LogP contribution >= 0.6 is 0 Å². The lowest BCUT2D eigenvalue weighted by molar-refractivity contribution is 0.00578. The fraction of sp³-hybridized carbons (Fsp3) is 0.333. The fourth-order valence-corrected chi connectivity index (χ4v) is 4.97. The Hall–Kier alpha value is -2.76. The van der Waals surface area contributed by atoms with E-state index in [1.54, 1.807) is 0 Å². The van der Waals surface area contributed by atoms with Gasteiger partial charge in [-0.05, 0) is 68.0 Å². The second-order valence-corrected chi connectivity index (χ2v) is 10.5. The van der Waals surface area contributed by atoms with Crippen LogP contribution in [-0.4, -0.2) is 18.3 Å². The van der Waals surface area contributed by atoms with Crippen LogP contribution in [0.25, 0.3) is 11.1 Å². The van der Waals surface area contributed by atoms with Crippen LogP contribution in [0.5, 0.6) is 23.0 Å². The molecular formula is C27H27BO4. The summed E-state index contributed by atoms with van der Waals surface area (Å²) in [6, 6.07) is 18.6. The van der Waals surface area contributed by atoms with Crippen molar-refractivity contribution in [3.63, 3.8) is 0 Å². The molecule has 162 valence electrons. The minimum atomic E-state index is -0.448. The molecule has 1 saturated heterocycles. The maximum Gasteiger partial charge on any atom is 0.494 e. The van der Waals surface area contributed by atoms with E-state index in [0.29, 0.717) is 11.5 Å². The van der Waals surface area contributed by atoms with E-state index in [1.165, 1.54) is 16.7 Å². The van der Waals surface area contributed by atoms with Crippen LogP contribution in [0.3, 0.4) is 0 Å². The minimum Gasteiger partial charge on any atom is -0.449 e. The Morgan fingerprint density at radius 3 is 2.09 bits per heavy atom. The highest BCUT2D eigenvalue weighted by atomic mass is 16.7. The van der Waals surface area contributed by atoms with Gasteiger partial charge in [0.15, 0.2) is 23.0 Å². The molecule has 0 spiro atoms. The summed E-state index contributed by atoms with van der Waals surface area (Å²) in [5.41, 5.74) is 4.93. The first-order chi connectivity index (χ1) is 15.1. The fourth-order valence-electron chi connectivity index (χ4n) is 4.97. The number of rotatable bonds is 1. The third kappa shape index (κ3) is 2.58. The van der Waals surface area contributed by atoms with Crippen molar-refractivity contribution in [2.45, 2.75) is 58.2 Å². The van der Waals surface area contributed by atoms with Gasteiger partial charge in [-0.2, -0.15) is 0 Å². The summed E-state index contributed by atoms with van der Waals surface area (Å²) >= 11 is 0. The first-order valence-electron chi connectivity index (χ1n) is 11.2. The van der Waals surface area contributed by atoms with Crippen molar-refractivity contribution in [1.82, 2.24) is 0 Å². The molecule has 3 aromatic rings. The molecule has 6 rings (SSSR count). The van der Waals surface area contributed by atoms with E-state index in [9.17, 15) is 0 Å². The van der Waals surface area contributed by atoms with E-state index in [1.807, 2.05) is 24.3 Å². The zero-order chi connectivity index (χ0) is 22.5. The average molecular weight is 426 g/mol. The Bertz CT molecular complexity index is 1260. The van der Waals surface area contributed by atoms with Gasteiger partial charge in [-0.25, -0.2) is 0 Å². The molecular weight excluding hydrogens is 399 g/mol. The molecule has 32 heavy (non-hydrogen) atoms. The monoisotopic (exact) mass is 426 g/mol. The van der Waals surface area contributed by atoms with Gasteiger partial charge in [0.25, 0.3) is 0 Å². The Balaban J connectivity index is 1.43. The van der Waals surface area contributed by atoms with Crippen molar-refractivity contribution in [1.29, 1.82) is 0 Å². The maximum absolute atomic E-state index is 6.54. The molecule has 3 aliphatic rings. The summed E-state index contributed by atoms with van der Waals surface area (Å²) in [5.74, 6) is 2.90. The van der Waals surface area contributed by atoms with Crippen LogP contribution in [0.2, 0.25) is 0 Å². The van der Waals surface area contributed by atoms with E-state index >= 15 is 0 Å². The van der Waals surface area contributed by atoms with Crippen LogP contribution in [0.4, 0.5) is 0 Å². The molecule has 5 heteroatoms. The molecule has 3 aromatic carbocycles. The SMILES string of the molecule is CC1(C)c2ccccc2-c2c1ccc1c2Oc2cc(B3OC(C)(C)C(C)(C)O3)ccc2O1. The molecule has 0 N–H and O–H groups in total. The first kappa shape index (κ1) is 19.9. The van der Waals surface area contributed by atoms with Crippen molar-refractivity contribution in [3.8, 4) is 34.1 Å². The molecule has 4 nitrogen and oxygen atoms in total. The summed E-state index contributed by atoms with van der Waals surface area (Å²) in [4.78, 5) is 0. The van der Waals surface area contributed by atoms with Gasteiger partial charge in [0.05, 0.1) is 11.2 Å². The Morgan fingerprint density at radius 2 is 1.34 bits per heavy atom. The normalized spacial score (nSPS) is 20.5. The van der Waals surface area contributed by atoms with Crippen LogP contribution in [-0.2, 0) is 14.7 Å². The van der Waals surface area contributed by atoms with Crippen LogP contribution < -0.4 is 14.9 Å². The van der Waals surface area contributed by atoms with Gasteiger partial charge in [0.2, 0.25) is 0 Å². The second-order valence-electron chi connectivity index (χ2n) is 10.5. The summed E-state index contributed by atoms with van der Waals surface area (Å²) < 4.78 is 25.3. The van der Waals surface area contributed by atoms with Crippen LogP contribution in [0.15, 0.2) is 54.6 Å². The molecule has 0 radical (unpaired) electrons. The molecule has 0 bridgehead atoms. The molecule has 0 aromatic heterocycles. The molecule has 2 aliphatic heterocycles. The summed E-state index contributed by atoms with van der Waals surface area (Å²) in [7, 11) is -0.448. The maximum atomic E-state index is 6.54. The summed E-state index contributed by atoms with van der Waals surface area (Å²) in [6.45, 7) is 12.8. The largest absolute Gasteiger partial charge is 0.494 e. The zero-order valence-electron chi connectivity index (χ0n) is 19.4. The van der Waals surface area contributed by atoms with Crippen molar-refractivity contribution in [2.75, 3.05) is 0 Å². The molecule has 0 atom stereocenters. The number of ether oxygens (including phenoxy) is 2. The van der Waals surface area contributed by atoms with Crippen molar-refractivity contribution < 1.29 is 18.8 Å². The molecule has 0 unspecified atom stereocenters. The molecule has 1 aliphatic carbocycles. The Morgan fingerprint density at radius 1 is 0.656 bits per heavy atom. The average Bonchev–Trinajstić information content (AvgIpc) is 3.12. The lowest BCUT2D eigenvalue weighted by Gasteiger charge is -2.32. The predicted molar refractivity (Wildman–Crippen MR) is 126 cm³/mol. The highest BCUT2D eigenvalue weighted by Crippen LogP contribution is 2.58. The quantitative estimate of drug-likeness (QED) is 0.340. The third-order valence-corrected chi connectivity index (χ3v) is 7.59. The smallest absolute Gasteiger partial charge is 0.449 e. The molecule has 1 fully saturated rings. The Labute approximate surface area is 189 Å². The van der Waals surface area contributed by atoms with E-state index in [4.69, 9.17) is 18.8 Å². The van der Waals surface area contributed by atoms with Gasteiger partial charge in [0.1, 0.15) is 0 Å². The lowest BCUT2D eigenvalue weighted by atomic mass is 9.79. The van der Waals surface area contributed by atoms with Gasteiger partial charge in [-0.1, -0.05) is 50.2 Å². The summed E-state index contributed by atoms with van der Waals surface area (Å²) in [6.07, 6.45) is 0. The number of hydrogen-bond donors (Lipinski definition) is 0. The number of fused-ring (bicyclic) bond motifs is 6. The van der Waals surface area contributed by atoms with Crippen LogP contribution in [0, 0.1) is 0 Å². The summed E-state index contributed by atoms with van der Waals surface area (Å²) in [5, 5.41) is 0. The van der Waals surface area contributed by atoms with E-state index in [0.717, 1.165) is 22.5 Å². The molecule has 0 saturated carbocycles. The third-order valence-electron chi connectivity index (χ3n) is 7.59. The Kier molecular flexibility index (Phi) is 3.84. The van der Waals surface area contributed by atoms with E-state index in [2.05, 4.69) is 71.9 Å². The van der Waals surface area contributed by atoms with Crippen LogP contribution in [0.1, 0.15) is 52.7 Å². The van der Waals surface area contributed by atoms with E-state index in [-0.39, 0.29) is 5.41 Å². The van der Waals surface area contributed by atoms with Crippen molar-refractivity contribution in [2.24, 2.45) is 0 Å². The predicted octanol–water partition coefficient (Wildman–Crippen LogP) is 6.19. The first-order valence-corrected chi connectivity index (χ1v) is 11.2. The van der Waals surface area contributed by atoms with Gasteiger partial charge in [-0.15, -0.1) is 0 Å². The number of hydrogen-bond acceptors (Lipinski definition) is 4. The lowest BCUT2D eigenvalue weighted by Crippen LogP contribution is -2.41. The zero-order valence-corrected chi connectivity index (χ0v) is 19.4. The minimum absolute atomic E-state index is 0.0882. The number of benzene rings is 3. The highest BCUT2D eigenvalue weighted by Gasteiger charge is 2.52. The molecule has 0 amide bonds. The van der Waals surface area contributed by atoms with Gasteiger partial charge >= 0.3 is 7.12 Å².